The second-order valence-electron chi connectivity index (χ2n) is 4.95. The maximum Gasteiger partial charge on any atom is 0.179 e. The van der Waals surface area contributed by atoms with Gasteiger partial charge in [0.25, 0.3) is 0 Å². The van der Waals surface area contributed by atoms with Crippen molar-refractivity contribution < 1.29 is 14.3 Å². The van der Waals surface area contributed by atoms with E-state index in [0.717, 1.165) is 24.5 Å². The van der Waals surface area contributed by atoms with E-state index in [0.29, 0.717) is 0 Å². The molecule has 2 aromatic rings. The minimum absolute atomic E-state index is 0.103. The van der Waals surface area contributed by atoms with Crippen molar-refractivity contribution in [1.29, 1.82) is 0 Å². The fourth-order valence-electron chi connectivity index (χ4n) is 2.39. The summed E-state index contributed by atoms with van der Waals surface area (Å²) in [5, 5.41) is 1.99. The quantitative estimate of drug-likeness (QED) is 0.763. The summed E-state index contributed by atoms with van der Waals surface area (Å²) in [6.45, 7) is 0.856. The highest BCUT2D eigenvalue weighted by Crippen LogP contribution is 2.37. The van der Waals surface area contributed by atoms with E-state index in [2.05, 4.69) is 18.2 Å². The molecule has 0 aromatic heterocycles. The Labute approximate surface area is 124 Å². The molecule has 0 spiro atoms. The Bertz CT molecular complexity index is 600. The summed E-state index contributed by atoms with van der Waals surface area (Å²) in [6.07, 6.45) is 1.01. The highest BCUT2D eigenvalue weighted by atomic mass is 16.8. The van der Waals surface area contributed by atoms with Gasteiger partial charge >= 0.3 is 0 Å². The fraction of sp³-hybridized carbons (Fsp3) is 0.294. The molecule has 0 bridgehead atoms. The first-order valence-electron chi connectivity index (χ1n) is 7.01. The Morgan fingerprint density at radius 2 is 1.76 bits per heavy atom. The molecular weight excluding hydrogens is 266 g/mol. The molecule has 3 rings (SSSR count). The maximum absolute atomic E-state index is 5.60. The topological polar surface area (TPSA) is 34.0 Å². The van der Waals surface area contributed by atoms with Crippen LogP contribution in [0, 0.1) is 0 Å². The number of hydroxylamine groups is 2. The Balaban J connectivity index is 1.57. The van der Waals surface area contributed by atoms with Gasteiger partial charge in [0.1, 0.15) is 0 Å². The Morgan fingerprint density at radius 1 is 1.00 bits per heavy atom. The van der Waals surface area contributed by atoms with Crippen LogP contribution in [0.3, 0.4) is 0 Å². The third-order valence-corrected chi connectivity index (χ3v) is 3.60. The van der Waals surface area contributed by atoms with Gasteiger partial charge in [-0.3, -0.25) is 4.84 Å². The largest absolute Gasteiger partial charge is 0.493 e. The van der Waals surface area contributed by atoms with Crippen molar-refractivity contribution >= 4 is 0 Å². The van der Waals surface area contributed by atoms with Crippen molar-refractivity contribution in [2.75, 3.05) is 20.8 Å². The lowest BCUT2D eigenvalue weighted by atomic mass is 10.1. The van der Waals surface area contributed by atoms with Crippen LogP contribution < -0.4 is 9.47 Å². The van der Waals surface area contributed by atoms with Crippen LogP contribution in [-0.2, 0) is 11.3 Å². The molecule has 0 amide bonds. The summed E-state index contributed by atoms with van der Waals surface area (Å²) < 4.78 is 10.6. The molecule has 1 unspecified atom stereocenters. The van der Waals surface area contributed by atoms with Gasteiger partial charge in [0.15, 0.2) is 17.7 Å². The summed E-state index contributed by atoms with van der Waals surface area (Å²) >= 11 is 0. The van der Waals surface area contributed by atoms with E-state index < -0.39 is 0 Å². The van der Waals surface area contributed by atoms with E-state index in [1.54, 1.807) is 14.2 Å². The minimum Gasteiger partial charge on any atom is -0.493 e. The van der Waals surface area contributed by atoms with Gasteiger partial charge in [0.05, 0.1) is 14.2 Å². The number of methoxy groups -OCH3 is 2. The summed E-state index contributed by atoms with van der Waals surface area (Å²) in [7, 11) is 3.30. The van der Waals surface area contributed by atoms with E-state index in [1.807, 2.05) is 35.4 Å². The van der Waals surface area contributed by atoms with Crippen molar-refractivity contribution in [3.05, 3.63) is 59.7 Å². The monoisotopic (exact) mass is 285 g/mol. The molecule has 4 heteroatoms. The van der Waals surface area contributed by atoms with Crippen LogP contribution in [0.1, 0.15) is 17.4 Å². The lowest BCUT2D eigenvalue weighted by molar-refractivity contribution is 0.200. The number of ether oxygens (including phenoxy) is 2. The number of nitrogens with zero attached hydrogens (tertiary/aromatic N) is 1. The molecule has 0 radical (unpaired) electrons. The smallest absolute Gasteiger partial charge is 0.179 e. The molecule has 0 aliphatic carbocycles. The molecule has 1 aliphatic rings. The first-order chi connectivity index (χ1) is 10.3. The summed E-state index contributed by atoms with van der Waals surface area (Å²) in [5.41, 5.74) is 2.40. The molecular formula is C17H19NO3. The van der Waals surface area contributed by atoms with E-state index in [1.165, 1.54) is 11.1 Å². The highest BCUT2D eigenvalue weighted by Gasteiger charge is 2.37. The SMILES string of the molecule is COc1ccc(CCN2O[C@@H]2c2ccccc2)cc1OC. The Kier molecular flexibility index (Phi) is 4.08. The van der Waals surface area contributed by atoms with Gasteiger partial charge in [0.2, 0.25) is 0 Å². The molecule has 0 N–H and O–H groups in total. The molecule has 0 saturated carbocycles. The second-order valence-corrected chi connectivity index (χ2v) is 4.95. The molecule has 21 heavy (non-hydrogen) atoms. The first kappa shape index (κ1) is 13.9. The fourth-order valence-corrected chi connectivity index (χ4v) is 2.39. The van der Waals surface area contributed by atoms with Gasteiger partial charge in [-0.25, -0.2) is 0 Å². The van der Waals surface area contributed by atoms with Crippen LogP contribution >= 0.6 is 0 Å². The van der Waals surface area contributed by atoms with Gasteiger partial charge in [0, 0.05) is 6.54 Å². The van der Waals surface area contributed by atoms with Gasteiger partial charge in [-0.1, -0.05) is 36.4 Å². The molecule has 2 atom stereocenters. The summed E-state index contributed by atoms with van der Waals surface area (Å²) in [5.74, 6) is 1.52. The van der Waals surface area contributed by atoms with Crippen LogP contribution in [0.4, 0.5) is 0 Å². The predicted octanol–water partition coefficient (Wildman–Crippen LogP) is 3.19. The van der Waals surface area contributed by atoms with Gasteiger partial charge < -0.3 is 9.47 Å². The molecule has 110 valence electrons. The van der Waals surface area contributed by atoms with Crippen molar-refractivity contribution in [2.45, 2.75) is 12.6 Å². The third kappa shape index (κ3) is 3.17. The first-order valence-corrected chi connectivity index (χ1v) is 7.01. The number of rotatable bonds is 6. The van der Waals surface area contributed by atoms with Crippen molar-refractivity contribution in [3.8, 4) is 11.5 Å². The Hall–Kier alpha value is -2.04. The zero-order valence-electron chi connectivity index (χ0n) is 12.3. The highest BCUT2D eigenvalue weighted by molar-refractivity contribution is 5.43. The lowest BCUT2D eigenvalue weighted by Crippen LogP contribution is -2.04. The average molecular weight is 285 g/mol. The van der Waals surface area contributed by atoms with Gasteiger partial charge in [-0.2, -0.15) is 5.06 Å². The van der Waals surface area contributed by atoms with Crippen molar-refractivity contribution in [2.24, 2.45) is 0 Å². The molecule has 4 nitrogen and oxygen atoms in total. The molecule has 1 aliphatic heterocycles. The maximum atomic E-state index is 5.60. The van der Waals surface area contributed by atoms with Crippen molar-refractivity contribution in [1.82, 2.24) is 5.06 Å². The number of benzene rings is 2. The van der Waals surface area contributed by atoms with E-state index >= 15 is 0 Å². The van der Waals surface area contributed by atoms with Crippen LogP contribution in [-0.4, -0.2) is 25.8 Å². The second kappa shape index (κ2) is 6.16. The summed E-state index contributed by atoms with van der Waals surface area (Å²) in [4.78, 5) is 5.60. The van der Waals surface area contributed by atoms with E-state index in [-0.39, 0.29) is 6.23 Å². The predicted molar refractivity (Wildman–Crippen MR) is 80.2 cm³/mol. The van der Waals surface area contributed by atoms with E-state index in [9.17, 15) is 0 Å². The van der Waals surface area contributed by atoms with Crippen molar-refractivity contribution in [3.63, 3.8) is 0 Å². The van der Waals surface area contributed by atoms with Crippen LogP contribution in [0.15, 0.2) is 48.5 Å². The average Bonchev–Trinajstić information content (AvgIpc) is 3.33. The third-order valence-electron chi connectivity index (χ3n) is 3.60. The van der Waals surface area contributed by atoms with Gasteiger partial charge in [-0.15, -0.1) is 0 Å². The van der Waals surface area contributed by atoms with Crippen LogP contribution in [0.2, 0.25) is 0 Å². The standard InChI is InChI=1S/C17H19NO3/c1-19-15-9-8-13(12-16(15)20-2)10-11-18-17(21-18)14-6-4-3-5-7-14/h3-9,12,17H,10-11H2,1-2H3/t17-,18?/m1/s1. The number of hydrogen-bond donors (Lipinski definition) is 0. The molecule has 1 fully saturated rings. The zero-order chi connectivity index (χ0) is 14.7. The van der Waals surface area contributed by atoms with Crippen LogP contribution in [0.5, 0.6) is 11.5 Å². The molecule has 1 saturated heterocycles. The zero-order valence-corrected chi connectivity index (χ0v) is 12.3. The van der Waals surface area contributed by atoms with Gasteiger partial charge in [-0.05, 0) is 29.7 Å². The van der Waals surface area contributed by atoms with E-state index in [4.69, 9.17) is 14.3 Å². The number of hydrogen-bond acceptors (Lipinski definition) is 4. The Morgan fingerprint density at radius 3 is 2.48 bits per heavy atom. The molecule has 1 heterocycles. The lowest BCUT2D eigenvalue weighted by Gasteiger charge is -2.09. The van der Waals surface area contributed by atoms with Crippen LogP contribution in [0.25, 0.3) is 0 Å². The minimum atomic E-state index is 0.103. The molecule has 2 aromatic carbocycles. The summed E-state index contributed by atoms with van der Waals surface area (Å²) in [6, 6.07) is 16.3. The normalized spacial score (nSPS) is 20.1.